The number of nitrogens with one attached hydrogen (secondary N) is 1. The molecule has 9 nitrogen and oxygen atoms in total. The maximum Gasteiger partial charge on any atom is 0.277 e. The Hall–Kier alpha value is -2.59. The summed E-state index contributed by atoms with van der Waals surface area (Å²) in [5.41, 5.74) is 0.792. The van der Waals surface area contributed by atoms with Gasteiger partial charge in [0.2, 0.25) is 17.7 Å². The number of ether oxygens (including phenoxy) is 1. The van der Waals surface area contributed by atoms with E-state index in [1.807, 2.05) is 36.1 Å². The second-order valence-corrected chi connectivity index (χ2v) is 7.82. The first-order valence-corrected chi connectivity index (χ1v) is 10.9. The summed E-state index contributed by atoms with van der Waals surface area (Å²) in [5.74, 6) is 1.46. The number of benzene rings is 1. The van der Waals surface area contributed by atoms with Crippen molar-refractivity contribution in [1.82, 2.24) is 25.3 Å². The van der Waals surface area contributed by atoms with Crippen LogP contribution in [0, 0.1) is 0 Å². The van der Waals surface area contributed by atoms with Gasteiger partial charge in [0, 0.05) is 38.3 Å². The minimum absolute atomic E-state index is 0.0271. The van der Waals surface area contributed by atoms with Gasteiger partial charge in [0.15, 0.2) is 0 Å². The van der Waals surface area contributed by atoms with Crippen LogP contribution in [0.2, 0.25) is 0 Å². The van der Waals surface area contributed by atoms with E-state index in [4.69, 9.17) is 9.15 Å². The summed E-state index contributed by atoms with van der Waals surface area (Å²) in [6.07, 6.45) is 0.924. The van der Waals surface area contributed by atoms with Gasteiger partial charge in [0.1, 0.15) is 5.75 Å². The van der Waals surface area contributed by atoms with Gasteiger partial charge in [-0.3, -0.25) is 14.5 Å². The molecule has 0 unspecified atom stereocenters. The van der Waals surface area contributed by atoms with Crippen LogP contribution in [0.15, 0.2) is 33.9 Å². The third-order valence-corrected chi connectivity index (χ3v) is 5.53. The molecule has 1 N–H and O–H groups in total. The van der Waals surface area contributed by atoms with E-state index in [1.165, 1.54) is 11.8 Å². The van der Waals surface area contributed by atoms with Crippen molar-refractivity contribution in [2.75, 3.05) is 52.1 Å². The molecule has 2 aromatic rings. The van der Waals surface area contributed by atoms with E-state index in [9.17, 15) is 9.59 Å². The van der Waals surface area contributed by atoms with Crippen LogP contribution in [-0.2, 0) is 9.59 Å². The fraction of sp³-hybridized carbons (Fsp3) is 0.500. The molecule has 0 atom stereocenters. The number of hydrogen-bond donors (Lipinski definition) is 1. The lowest BCUT2D eigenvalue weighted by atomic mass is 10.2. The fourth-order valence-corrected chi connectivity index (χ4v) is 3.68. The normalized spacial score (nSPS) is 14.5. The predicted molar refractivity (Wildman–Crippen MR) is 113 cm³/mol. The van der Waals surface area contributed by atoms with E-state index in [0.29, 0.717) is 50.4 Å². The highest BCUT2D eigenvalue weighted by Crippen LogP contribution is 2.25. The molecule has 1 aliphatic heterocycles. The Morgan fingerprint density at radius 2 is 1.90 bits per heavy atom. The summed E-state index contributed by atoms with van der Waals surface area (Å²) in [5, 5.41) is 11.3. The molecule has 0 spiro atoms. The smallest absolute Gasteiger partial charge is 0.277 e. The number of carbonyl (C=O) groups excluding carboxylic acids is 2. The summed E-state index contributed by atoms with van der Waals surface area (Å²) in [6.45, 7) is 5.72. The van der Waals surface area contributed by atoms with Gasteiger partial charge in [-0.15, -0.1) is 10.2 Å². The third-order valence-electron chi connectivity index (χ3n) is 4.73. The zero-order valence-electron chi connectivity index (χ0n) is 17.3. The second kappa shape index (κ2) is 11.0. The molecular formula is C20H27N5O4S. The maximum atomic E-state index is 12.5. The molecule has 2 heterocycles. The minimum atomic E-state index is 0.0271. The molecule has 0 aliphatic carbocycles. The van der Waals surface area contributed by atoms with Crippen molar-refractivity contribution < 1.29 is 18.7 Å². The minimum Gasteiger partial charge on any atom is -0.497 e. The third kappa shape index (κ3) is 6.20. The van der Waals surface area contributed by atoms with Gasteiger partial charge in [-0.05, 0) is 30.7 Å². The summed E-state index contributed by atoms with van der Waals surface area (Å²) in [4.78, 5) is 28.2. The van der Waals surface area contributed by atoms with Crippen molar-refractivity contribution in [2.45, 2.75) is 18.6 Å². The average Bonchev–Trinajstić information content (AvgIpc) is 3.25. The Balaban J connectivity index is 1.42. The zero-order chi connectivity index (χ0) is 21.3. The monoisotopic (exact) mass is 433 g/mol. The van der Waals surface area contributed by atoms with Crippen LogP contribution >= 0.6 is 11.8 Å². The van der Waals surface area contributed by atoms with Crippen LogP contribution in [0.25, 0.3) is 11.5 Å². The first-order chi connectivity index (χ1) is 14.6. The molecule has 0 bridgehead atoms. The van der Waals surface area contributed by atoms with Crippen LogP contribution in [-0.4, -0.2) is 83.9 Å². The molecule has 10 heteroatoms. The summed E-state index contributed by atoms with van der Waals surface area (Å²) in [7, 11) is 1.61. The summed E-state index contributed by atoms with van der Waals surface area (Å²) >= 11 is 1.23. The quantitative estimate of drug-likeness (QED) is 0.594. The van der Waals surface area contributed by atoms with Crippen LogP contribution < -0.4 is 10.1 Å². The highest BCUT2D eigenvalue weighted by molar-refractivity contribution is 7.99. The van der Waals surface area contributed by atoms with Crippen molar-refractivity contribution in [2.24, 2.45) is 0 Å². The fourth-order valence-electron chi connectivity index (χ4n) is 3.01. The van der Waals surface area contributed by atoms with E-state index in [0.717, 1.165) is 17.7 Å². The van der Waals surface area contributed by atoms with Gasteiger partial charge in [0.05, 0.1) is 19.4 Å². The van der Waals surface area contributed by atoms with Crippen molar-refractivity contribution in [3.63, 3.8) is 0 Å². The van der Waals surface area contributed by atoms with Crippen LogP contribution in [0.3, 0.4) is 0 Å². The number of carbonyl (C=O) groups is 2. The molecule has 2 amide bonds. The lowest BCUT2D eigenvalue weighted by Gasteiger charge is -2.34. The van der Waals surface area contributed by atoms with E-state index < -0.39 is 0 Å². The van der Waals surface area contributed by atoms with Gasteiger partial charge >= 0.3 is 0 Å². The second-order valence-electron chi connectivity index (χ2n) is 6.90. The number of thioether (sulfide) groups is 1. The van der Waals surface area contributed by atoms with Gasteiger partial charge in [0.25, 0.3) is 5.22 Å². The van der Waals surface area contributed by atoms with E-state index in [1.54, 1.807) is 7.11 Å². The molecule has 0 radical (unpaired) electrons. The Bertz CT molecular complexity index is 834. The maximum absolute atomic E-state index is 12.5. The molecule has 0 saturated carbocycles. The standard InChI is InChI=1S/C20H27N5O4S/c1-3-8-21-17(26)13-24-9-11-25(12-10-24)18(27)14-30-20-23-22-19(29-20)15-4-6-16(28-2)7-5-15/h4-7H,3,8-14H2,1-2H3,(H,21,26). The van der Waals surface area contributed by atoms with Crippen molar-refractivity contribution >= 4 is 23.6 Å². The van der Waals surface area contributed by atoms with E-state index in [2.05, 4.69) is 20.4 Å². The van der Waals surface area contributed by atoms with Crippen molar-refractivity contribution in [1.29, 1.82) is 0 Å². The Morgan fingerprint density at radius 1 is 1.17 bits per heavy atom. The highest BCUT2D eigenvalue weighted by atomic mass is 32.2. The largest absolute Gasteiger partial charge is 0.497 e. The Labute approximate surface area is 180 Å². The van der Waals surface area contributed by atoms with Crippen LogP contribution in [0.4, 0.5) is 0 Å². The number of hydrogen-bond acceptors (Lipinski definition) is 8. The molecule has 1 saturated heterocycles. The molecule has 1 aliphatic rings. The number of methoxy groups -OCH3 is 1. The number of aromatic nitrogens is 2. The first-order valence-electron chi connectivity index (χ1n) is 9.96. The molecule has 1 aromatic carbocycles. The highest BCUT2D eigenvalue weighted by Gasteiger charge is 2.23. The molecule has 1 fully saturated rings. The molecule has 3 rings (SSSR count). The molecule has 30 heavy (non-hydrogen) atoms. The number of rotatable bonds is 9. The molecule has 1 aromatic heterocycles. The van der Waals surface area contributed by atoms with Gasteiger partial charge in [-0.1, -0.05) is 18.7 Å². The van der Waals surface area contributed by atoms with Gasteiger partial charge < -0.3 is 19.4 Å². The SMILES string of the molecule is CCCNC(=O)CN1CCN(C(=O)CSc2nnc(-c3ccc(OC)cc3)o2)CC1. The van der Waals surface area contributed by atoms with Gasteiger partial charge in [-0.2, -0.15) is 0 Å². The number of nitrogens with zero attached hydrogens (tertiary/aromatic N) is 4. The Morgan fingerprint density at radius 3 is 2.57 bits per heavy atom. The van der Waals surface area contributed by atoms with Crippen LogP contribution in [0.5, 0.6) is 5.75 Å². The van der Waals surface area contributed by atoms with Crippen LogP contribution in [0.1, 0.15) is 13.3 Å². The summed E-state index contributed by atoms with van der Waals surface area (Å²) in [6, 6.07) is 7.33. The average molecular weight is 434 g/mol. The predicted octanol–water partition coefficient (Wildman–Crippen LogP) is 1.51. The lowest BCUT2D eigenvalue weighted by Crippen LogP contribution is -2.51. The number of amides is 2. The van der Waals surface area contributed by atoms with E-state index >= 15 is 0 Å². The topological polar surface area (TPSA) is 101 Å². The van der Waals surface area contributed by atoms with Crippen molar-refractivity contribution in [3.05, 3.63) is 24.3 Å². The first kappa shape index (κ1) is 22.1. The van der Waals surface area contributed by atoms with E-state index in [-0.39, 0.29) is 17.6 Å². The van der Waals surface area contributed by atoms with Gasteiger partial charge in [-0.25, -0.2) is 0 Å². The Kier molecular flexibility index (Phi) is 8.09. The van der Waals surface area contributed by atoms with Crippen molar-refractivity contribution in [3.8, 4) is 17.2 Å². The molecular weight excluding hydrogens is 406 g/mol. The number of piperazine rings is 1. The summed E-state index contributed by atoms with van der Waals surface area (Å²) < 4.78 is 10.8. The zero-order valence-corrected chi connectivity index (χ0v) is 18.1. The lowest BCUT2D eigenvalue weighted by molar-refractivity contribution is -0.130. The molecule has 162 valence electrons.